The van der Waals surface area contributed by atoms with E-state index in [-0.39, 0.29) is 69.3 Å². The summed E-state index contributed by atoms with van der Waals surface area (Å²) in [6.07, 6.45) is 0. The summed E-state index contributed by atoms with van der Waals surface area (Å²) in [7, 11) is 1.48. The van der Waals surface area contributed by atoms with Crippen molar-refractivity contribution in [1.82, 2.24) is 0 Å². The van der Waals surface area contributed by atoms with Gasteiger partial charge in [0, 0.05) is 40.0 Å². The Bertz CT molecular complexity index is 1740. The van der Waals surface area contributed by atoms with Crippen molar-refractivity contribution >= 4 is 28.9 Å². The summed E-state index contributed by atoms with van der Waals surface area (Å²) >= 11 is 0. The van der Waals surface area contributed by atoms with Crippen molar-refractivity contribution in [1.29, 1.82) is 0 Å². The lowest BCUT2D eigenvalue weighted by atomic mass is 9.57. The van der Waals surface area contributed by atoms with Crippen LogP contribution in [0.25, 0.3) is 0 Å². The van der Waals surface area contributed by atoms with E-state index < -0.39 is 39.4 Å². The molecule has 1 aromatic rings. The number of allylic oxidation sites excluding steroid dienone is 4. The topological polar surface area (TPSA) is 113 Å². The number of ether oxygens (including phenoxy) is 3. The van der Waals surface area contributed by atoms with E-state index in [0.29, 0.717) is 28.0 Å². The second-order valence-electron chi connectivity index (χ2n) is 16.9. The van der Waals surface area contributed by atoms with E-state index >= 15 is 0 Å². The molecule has 1 aromatic carbocycles. The van der Waals surface area contributed by atoms with Gasteiger partial charge in [-0.3, -0.25) is 24.0 Å². The molecule has 0 radical (unpaired) electrons. The molecular formula is C39H50O8. The maximum absolute atomic E-state index is 14.4. The number of methoxy groups -OCH3 is 1. The van der Waals surface area contributed by atoms with E-state index in [2.05, 4.69) is 0 Å². The Balaban J connectivity index is 2.01. The molecule has 2 aliphatic carbocycles. The molecule has 2 heterocycles. The molecule has 4 aliphatic rings. The first-order valence-corrected chi connectivity index (χ1v) is 16.8. The maximum Gasteiger partial charge on any atom is 0.175 e. The van der Waals surface area contributed by atoms with Crippen molar-refractivity contribution in [3.63, 3.8) is 0 Å². The Kier molecular flexibility index (Phi) is 7.75. The van der Waals surface area contributed by atoms with Crippen LogP contribution in [0.3, 0.4) is 0 Å². The molecule has 0 amide bonds. The minimum Gasteiger partial charge on any atom is -0.495 e. The summed E-state index contributed by atoms with van der Waals surface area (Å²) in [5.74, 6) is -2.19. The minimum absolute atomic E-state index is 0.177. The highest BCUT2D eigenvalue weighted by molar-refractivity contribution is 6.21. The van der Waals surface area contributed by atoms with Crippen LogP contribution in [0.5, 0.6) is 17.2 Å². The molecule has 0 aromatic heterocycles. The molecule has 2 atom stereocenters. The molecule has 0 bridgehead atoms. The smallest absolute Gasteiger partial charge is 0.175 e. The molecule has 0 saturated heterocycles. The standard InChI is InChI=1S/C39H50O8/c1-16(2)19-21-27(45-15)25(26(40)18(5)6)29-22(28(21)46-32-23(19)30(41)36(7,8)34(43)38(32,11)12)20(17(3)4)24-31(42)37(9,10)35(44)39(13,14)33(24)47-29/h16-20H,1-15H3/t19-,20-/m1/s1. The van der Waals surface area contributed by atoms with Gasteiger partial charge in [-0.1, -0.05) is 41.5 Å². The van der Waals surface area contributed by atoms with Crippen molar-refractivity contribution in [2.24, 2.45) is 39.4 Å². The number of hydrogen-bond donors (Lipinski definition) is 0. The zero-order valence-corrected chi connectivity index (χ0v) is 30.7. The van der Waals surface area contributed by atoms with Gasteiger partial charge in [-0.2, -0.15) is 0 Å². The van der Waals surface area contributed by atoms with E-state index in [0.717, 1.165) is 0 Å². The van der Waals surface area contributed by atoms with Crippen molar-refractivity contribution in [2.45, 2.75) is 109 Å². The number of ketones is 5. The van der Waals surface area contributed by atoms with Gasteiger partial charge in [-0.15, -0.1) is 0 Å². The van der Waals surface area contributed by atoms with Gasteiger partial charge in [0.1, 0.15) is 34.3 Å². The monoisotopic (exact) mass is 646 g/mol. The zero-order valence-electron chi connectivity index (χ0n) is 30.7. The van der Waals surface area contributed by atoms with Crippen LogP contribution >= 0.6 is 0 Å². The lowest BCUT2D eigenvalue weighted by Crippen LogP contribution is -2.53. The van der Waals surface area contributed by atoms with Crippen LogP contribution < -0.4 is 14.2 Å². The van der Waals surface area contributed by atoms with Crippen LogP contribution in [-0.2, 0) is 19.2 Å². The Labute approximate surface area is 278 Å². The summed E-state index contributed by atoms with van der Waals surface area (Å²) in [5, 5.41) is 0. The van der Waals surface area contributed by atoms with Crippen molar-refractivity contribution in [2.75, 3.05) is 7.11 Å². The fraction of sp³-hybridized carbons (Fsp3) is 0.615. The Morgan fingerprint density at radius 2 is 1.00 bits per heavy atom. The SMILES string of the molecule is COc1c(C(=O)C(C)C)c2c(c3c1[C@@H](C(C)C)C1=C(O3)C(C)(C)C(=O)C(C)(C)C1=O)[C@@H](C(C)C)C1=C(O2)C(C)(C)C(=O)C(C)(C)C1=O. The van der Waals surface area contributed by atoms with Gasteiger partial charge in [0.2, 0.25) is 0 Å². The molecule has 5 rings (SSSR count). The average molecular weight is 647 g/mol. The third kappa shape index (κ3) is 4.34. The quantitative estimate of drug-likeness (QED) is 0.236. The predicted octanol–water partition coefficient (Wildman–Crippen LogP) is 7.71. The minimum atomic E-state index is -1.31. The van der Waals surface area contributed by atoms with E-state index in [1.165, 1.54) is 7.11 Å². The molecule has 0 saturated carbocycles. The fourth-order valence-corrected chi connectivity index (χ4v) is 8.51. The second kappa shape index (κ2) is 10.5. The summed E-state index contributed by atoms with van der Waals surface area (Å²) in [6.45, 7) is 25.2. The number of benzene rings is 1. The number of fused-ring (bicyclic) bond motifs is 3. The van der Waals surface area contributed by atoms with Gasteiger partial charge in [-0.05, 0) is 67.2 Å². The first-order chi connectivity index (χ1) is 21.4. The Morgan fingerprint density at radius 3 is 1.36 bits per heavy atom. The van der Waals surface area contributed by atoms with Crippen LogP contribution in [-0.4, -0.2) is 36.0 Å². The number of carbonyl (C=O) groups excluding carboxylic acids is 5. The Hall–Kier alpha value is -3.55. The third-order valence-corrected chi connectivity index (χ3v) is 10.9. The maximum atomic E-state index is 14.4. The molecule has 8 nitrogen and oxygen atoms in total. The van der Waals surface area contributed by atoms with Gasteiger partial charge in [0.05, 0.1) is 28.8 Å². The number of carbonyl (C=O) groups is 5. The molecule has 254 valence electrons. The number of hydrogen-bond acceptors (Lipinski definition) is 8. The van der Waals surface area contributed by atoms with Gasteiger partial charge in [0.15, 0.2) is 28.9 Å². The van der Waals surface area contributed by atoms with Crippen molar-refractivity contribution < 1.29 is 38.2 Å². The van der Waals surface area contributed by atoms with E-state index in [9.17, 15) is 24.0 Å². The van der Waals surface area contributed by atoms with Crippen molar-refractivity contribution in [3.05, 3.63) is 39.4 Å². The van der Waals surface area contributed by atoms with Gasteiger partial charge < -0.3 is 14.2 Å². The van der Waals surface area contributed by atoms with Gasteiger partial charge >= 0.3 is 0 Å². The van der Waals surface area contributed by atoms with Gasteiger partial charge in [-0.25, -0.2) is 0 Å². The molecule has 0 spiro atoms. The zero-order chi connectivity index (χ0) is 35.7. The molecule has 0 fully saturated rings. The predicted molar refractivity (Wildman–Crippen MR) is 178 cm³/mol. The number of Topliss-reactive ketones (excluding diaryl/α,β-unsaturated/α-hetero) is 5. The first kappa shape index (κ1) is 34.8. The Morgan fingerprint density at radius 1 is 0.617 bits per heavy atom. The lowest BCUT2D eigenvalue weighted by molar-refractivity contribution is -0.146. The summed E-state index contributed by atoms with van der Waals surface area (Å²) in [4.78, 5) is 70.8. The normalized spacial score (nSPS) is 25.3. The van der Waals surface area contributed by atoms with Crippen LogP contribution in [0, 0.1) is 39.4 Å². The van der Waals surface area contributed by atoms with Crippen LogP contribution in [0.1, 0.15) is 130 Å². The fourth-order valence-electron chi connectivity index (χ4n) is 8.51. The third-order valence-electron chi connectivity index (χ3n) is 10.9. The molecule has 47 heavy (non-hydrogen) atoms. The van der Waals surface area contributed by atoms with E-state index in [1.807, 2.05) is 27.7 Å². The van der Waals surface area contributed by atoms with E-state index in [1.54, 1.807) is 69.2 Å². The molecular weight excluding hydrogens is 596 g/mol. The molecule has 8 heteroatoms. The highest BCUT2D eigenvalue weighted by atomic mass is 16.5. The first-order valence-electron chi connectivity index (χ1n) is 16.8. The van der Waals surface area contributed by atoms with Crippen LogP contribution in [0.2, 0.25) is 0 Å². The molecule has 0 N–H and O–H groups in total. The molecule has 2 aliphatic heterocycles. The van der Waals surface area contributed by atoms with Crippen LogP contribution in [0.15, 0.2) is 22.7 Å². The van der Waals surface area contributed by atoms with Crippen molar-refractivity contribution in [3.8, 4) is 17.2 Å². The lowest BCUT2D eigenvalue weighted by Gasteiger charge is -2.49. The largest absolute Gasteiger partial charge is 0.495 e. The number of rotatable bonds is 5. The highest BCUT2D eigenvalue weighted by Gasteiger charge is 2.61. The summed E-state index contributed by atoms with van der Waals surface area (Å²) in [6, 6.07) is 0. The second-order valence-corrected chi connectivity index (χ2v) is 16.9. The van der Waals surface area contributed by atoms with E-state index in [4.69, 9.17) is 14.2 Å². The average Bonchev–Trinajstić information content (AvgIpc) is 2.98. The summed E-state index contributed by atoms with van der Waals surface area (Å²) in [5.41, 5.74) is -2.91. The highest BCUT2D eigenvalue weighted by Crippen LogP contribution is 2.64. The van der Waals surface area contributed by atoms with Gasteiger partial charge in [0.25, 0.3) is 0 Å². The van der Waals surface area contributed by atoms with Crippen LogP contribution in [0.4, 0.5) is 0 Å². The summed E-state index contributed by atoms with van der Waals surface area (Å²) < 4.78 is 19.8. The molecule has 0 unspecified atom stereocenters.